The van der Waals surface area contributed by atoms with Crippen molar-refractivity contribution in [3.63, 3.8) is 0 Å². The molecule has 0 bridgehead atoms. The summed E-state index contributed by atoms with van der Waals surface area (Å²) in [5.74, 6) is -2.40. The number of ether oxygens (including phenoxy) is 1. The van der Waals surface area contributed by atoms with Gasteiger partial charge in [-0.1, -0.05) is 6.92 Å². The molecule has 0 saturated carbocycles. The number of hydrogen-bond donors (Lipinski definition) is 1. The first-order valence-corrected chi connectivity index (χ1v) is 9.39. The van der Waals surface area contributed by atoms with E-state index in [4.69, 9.17) is 4.74 Å². The Labute approximate surface area is 165 Å². The molecule has 3 atom stereocenters. The molecule has 1 saturated heterocycles. The van der Waals surface area contributed by atoms with Crippen LogP contribution in [0.2, 0.25) is 0 Å². The average molecular weight is 403 g/mol. The number of alkyl halides is 1. The second kappa shape index (κ2) is 7.42. The summed E-state index contributed by atoms with van der Waals surface area (Å²) in [4.78, 5) is 21.0. The molecule has 1 aliphatic heterocycles. The number of rotatable bonds is 6. The third-order valence-electron chi connectivity index (χ3n) is 5.19. The summed E-state index contributed by atoms with van der Waals surface area (Å²) in [6, 6.07) is 6.54. The number of imidazole rings is 1. The zero-order valence-corrected chi connectivity index (χ0v) is 16.0. The normalized spacial score (nSPS) is 20.0. The van der Waals surface area contributed by atoms with Crippen LogP contribution in [0.4, 0.5) is 18.9 Å². The summed E-state index contributed by atoms with van der Waals surface area (Å²) < 4.78 is 47.8. The van der Waals surface area contributed by atoms with E-state index >= 15 is 0 Å². The molecule has 0 aliphatic carbocycles. The maximum atomic E-state index is 14.8. The molecule has 2 aromatic carbocycles. The minimum absolute atomic E-state index is 0.00636. The van der Waals surface area contributed by atoms with Gasteiger partial charge in [-0.3, -0.25) is 4.79 Å². The lowest BCUT2D eigenvalue weighted by atomic mass is 9.82. The van der Waals surface area contributed by atoms with Crippen LogP contribution >= 0.6 is 0 Å². The van der Waals surface area contributed by atoms with Crippen LogP contribution in [0, 0.1) is 17.6 Å². The van der Waals surface area contributed by atoms with Crippen LogP contribution in [-0.4, -0.2) is 28.7 Å². The van der Waals surface area contributed by atoms with E-state index in [1.54, 1.807) is 25.1 Å². The van der Waals surface area contributed by atoms with E-state index < -0.39 is 29.8 Å². The number of carbonyl (C=O) groups excluding carboxylic acids is 1. The minimum Gasteiger partial charge on any atom is -0.493 e. The van der Waals surface area contributed by atoms with Crippen LogP contribution in [0.5, 0.6) is 5.75 Å². The molecule has 4 rings (SSSR count). The number of H-pyrrole nitrogens is 1. The summed E-state index contributed by atoms with van der Waals surface area (Å²) in [6.45, 7) is 3.05. The number of carbonyl (C=O) groups is 1. The molecule has 152 valence electrons. The fraction of sp³-hybridized carbons (Fsp3) is 0.333. The zero-order chi connectivity index (χ0) is 20.7. The fourth-order valence-electron chi connectivity index (χ4n) is 3.64. The van der Waals surface area contributed by atoms with Crippen molar-refractivity contribution >= 4 is 22.6 Å². The van der Waals surface area contributed by atoms with Crippen molar-refractivity contribution in [2.24, 2.45) is 5.92 Å². The smallest absolute Gasteiger partial charge is 0.232 e. The van der Waals surface area contributed by atoms with Crippen LogP contribution in [0.1, 0.15) is 31.9 Å². The lowest BCUT2D eigenvalue weighted by Crippen LogP contribution is -2.54. The number of nitrogens with one attached hydrogen (secondary N) is 1. The SMILES string of the molecule is CC(F)CCOc1cc(F)c([C@@H]2[C@@H](C)C(=O)N2c2ccc3nc[nH]c3c2)c(F)c1. The molecule has 0 radical (unpaired) electrons. The Morgan fingerprint density at radius 3 is 2.66 bits per heavy atom. The van der Waals surface area contributed by atoms with E-state index in [0.29, 0.717) is 5.69 Å². The Morgan fingerprint density at radius 1 is 1.24 bits per heavy atom. The summed E-state index contributed by atoms with van der Waals surface area (Å²) in [6.07, 6.45) is 0.601. The van der Waals surface area contributed by atoms with Gasteiger partial charge in [0.1, 0.15) is 23.6 Å². The zero-order valence-electron chi connectivity index (χ0n) is 16.0. The Morgan fingerprint density at radius 2 is 1.97 bits per heavy atom. The predicted molar refractivity (Wildman–Crippen MR) is 103 cm³/mol. The molecule has 5 nitrogen and oxygen atoms in total. The number of fused-ring (bicyclic) bond motifs is 1. The van der Waals surface area contributed by atoms with Gasteiger partial charge in [-0.2, -0.15) is 0 Å². The number of halogens is 3. The first-order chi connectivity index (χ1) is 13.9. The molecule has 1 aromatic heterocycles. The summed E-state index contributed by atoms with van der Waals surface area (Å²) in [5.41, 5.74) is 1.80. The molecule has 29 heavy (non-hydrogen) atoms. The van der Waals surface area contributed by atoms with E-state index in [1.165, 1.54) is 18.2 Å². The number of nitrogens with zero attached hydrogens (tertiary/aromatic N) is 2. The third kappa shape index (κ3) is 3.43. The Kier molecular flexibility index (Phi) is 4.94. The number of β-lactam (4-membered cyclic amide) rings is 1. The van der Waals surface area contributed by atoms with Crippen molar-refractivity contribution in [2.75, 3.05) is 11.5 Å². The highest BCUT2D eigenvalue weighted by Crippen LogP contribution is 2.45. The largest absolute Gasteiger partial charge is 0.493 e. The van der Waals surface area contributed by atoms with E-state index in [-0.39, 0.29) is 30.2 Å². The highest BCUT2D eigenvalue weighted by atomic mass is 19.1. The summed E-state index contributed by atoms with van der Waals surface area (Å²) in [7, 11) is 0. The van der Waals surface area contributed by atoms with Gasteiger partial charge in [-0.25, -0.2) is 18.2 Å². The van der Waals surface area contributed by atoms with E-state index in [2.05, 4.69) is 9.97 Å². The molecule has 1 N–H and O–H groups in total. The van der Waals surface area contributed by atoms with Crippen LogP contribution in [0.3, 0.4) is 0 Å². The summed E-state index contributed by atoms with van der Waals surface area (Å²) >= 11 is 0. The Balaban J connectivity index is 1.64. The lowest BCUT2D eigenvalue weighted by Gasteiger charge is -2.46. The van der Waals surface area contributed by atoms with Crippen LogP contribution < -0.4 is 9.64 Å². The molecule has 1 unspecified atom stereocenters. The highest BCUT2D eigenvalue weighted by Gasteiger charge is 2.48. The van der Waals surface area contributed by atoms with Gasteiger partial charge in [0.15, 0.2) is 0 Å². The van der Waals surface area contributed by atoms with Crippen LogP contribution in [0.15, 0.2) is 36.7 Å². The monoisotopic (exact) mass is 403 g/mol. The van der Waals surface area contributed by atoms with Crippen molar-refractivity contribution in [1.29, 1.82) is 0 Å². The van der Waals surface area contributed by atoms with Crippen molar-refractivity contribution in [1.82, 2.24) is 9.97 Å². The number of benzene rings is 2. The van der Waals surface area contributed by atoms with Crippen LogP contribution in [0.25, 0.3) is 11.0 Å². The number of anilines is 1. The first-order valence-electron chi connectivity index (χ1n) is 9.39. The van der Waals surface area contributed by atoms with Crippen molar-refractivity contribution in [3.8, 4) is 5.75 Å². The number of aromatic nitrogens is 2. The molecule has 0 spiro atoms. The van der Waals surface area contributed by atoms with Gasteiger partial charge in [0, 0.05) is 29.8 Å². The predicted octanol–water partition coefficient (Wildman–Crippen LogP) is 4.69. The quantitative estimate of drug-likeness (QED) is 0.608. The third-order valence-corrected chi connectivity index (χ3v) is 5.19. The Hall–Kier alpha value is -3.03. The minimum atomic E-state index is -1.06. The van der Waals surface area contributed by atoms with Crippen molar-refractivity contribution in [2.45, 2.75) is 32.5 Å². The van der Waals surface area contributed by atoms with Gasteiger partial charge in [0.2, 0.25) is 5.91 Å². The average Bonchev–Trinajstić information content (AvgIpc) is 3.14. The molecule has 1 fully saturated rings. The number of aromatic amines is 1. The first kappa shape index (κ1) is 19.3. The van der Waals surface area contributed by atoms with E-state index in [0.717, 1.165) is 23.2 Å². The van der Waals surface area contributed by atoms with Crippen molar-refractivity contribution < 1.29 is 22.7 Å². The standard InChI is InChI=1S/C21H20F3N3O2/c1-11(22)5-6-29-14-8-15(23)19(16(24)9-14)20-12(2)21(28)27(20)13-3-4-17-18(7-13)26-10-25-17/h3-4,7-12,20H,5-6H2,1-2H3,(H,25,26)/t11?,12-,20+/m1/s1. The van der Waals surface area contributed by atoms with E-state index in [1.807, 2.05) is 0 Å². The Bertz CT molecular complexity index is 1040. The molecular formula is C21H20F3N3O2. The van der Waals surface area contributed by atoms with Gasteiger partial charge in [-0.15, -0.1) is 0 Å². The van der Waals surface area contributed by atoms with Gasteiger partial charge < -0.3 is 14.6 Å². The fourth-order valence-corrected chi connectivity index (χ4v) is 3.64. The van der Waals surface area contributed by atoms with Gasteiger partial charge in [0.25, 0.3) is 0 Å². The summed E-state index contributed by atoms with van der Waals surface area (Å²) in [5, 5.41) is 0. The number of hydrogen-bond acceptors (Lipinski definition) is 3. The molecular weight excluding hydrogens is 383 g/mol. The maximum absolute atomic E-state index is 14.8. The topological polar surface area (TPSA) is 58.2 Å². The van der Waals surface area contributed by atoms with Crippen LogP contribution in [-0.2, 0) is 4.79 Å². The molecule has 3 aromatic rings. The van der Waals surface area contributed by atoms with Gasteiger partial charge in [0.05, 0.1) is 35.9 Å². The van der Waals surface area contributed by atoms with Gasteiger partial charge in [-0.05, 0) is 25.1 Å². The van der Waals surface area contributed by atoms with E-state index in [9.17, 15) is 18.0 Å². The second-order valence-corrected chi connectivity index (χ2v) is 7.26. The second-order valence-electron chi connectivity index (χ2n) is 7.26. The maximum Gasteiger partial charge on any atom is 0.232 e. The van der Waals surface area contributed by atoms with Crippen molar-refractivity contribution in [3.05, 3.63) is 53.9 Å². The lowest BCUT2D eigenvalue weighted by molar-refractivity contribution is -0.129. The molecule has 8 heteroatoms. The number of amides is 1. The highest BCUT2D eigenvalue weighted by molar-refractivity contribution is 6.04. The molecule has 2 heterocycles. The molecule has 1 amide bonds. The van der Waals surface area contributed by atoms with Gasteiger partial charge >= 0.3 is 0 Å². The molecule has 1 aliphatic rings.